The monoisotopic (exact) mass is 306 g/mol. The lowest BCUT2D eigenvalue weighted by Crippen LogP contribution is -2.33. The van der Waals surface area contributed by atoms with Gasteiger partial charge in [-0.2, -0.15) is 4.31 Å². The molecule has 0 saturated heterocycles. The summed E-state index contributed by atoms with van der Waals surface area (Å²) in [7, 11) is -3.45. The first-order chi connectivity index (χ1) is 9.98. The van der Waals surface area contributed by atoms with Gasteiger partial charge in [0.2, 0.25) is 10.0 Å². The van der Waals surface area contributed by atoms with Crippen molar-refractivity contribution in [2.45, 2.75) is 31.6 Å². The zero-order valence-corrected chi connectivity index (χ0v) is 13.4. The van der Waals surface area contributed by atoms with Crippen molar-refractivity contribution < 1.29 is 8.42 Å². The summed E-state index contributed by atoms with van der Waals surface area (Å²) in [6.45, 7) is 5.08. The van der Waals surface area contributed by atoms with Gasteiger partial charge in [0.15, 0.2) is 0 Å². The molecule has 1 aliphatic rings. The number of hydrogen-bond acceptors (Lipinski definition) is 3. The summed E-state index contributed by atoms with van der Waals surface area (Å²) in [4.78, 5) is 0.355. The molecule has 2 rings (SSSR count). The standard InChI is InChI=1S/C16H22N2O2S/c1-3-18(12-15-8-9-15)21(19,20)16-11-14(5-4-10-17)7-6-13(16)2/h6-7,11,15H,3,8-10,12,17H2,1-2H3. The Morgan fingerprint density at radius 3 is 2.67 bits per heavy atom. The van der Waals surface area contributed by atoms with E-state index in [1.165, 1.54) is 0 Å². The van der Waals surface area contributed by atoms with Crippen LogP contribution in [-0.4, -0.2) is 32.4 Å². The Kier molecular flexibility index (Phi) is 5.04. The molecule has 114 valence electrons. The molecular weight excluding hydrogens is 284 g/mol. The lowest BCUT2D eigenvalue weighted by molar-refractivity contribution is 0.411. The van der Waals surface area contributed by atoms with Crippen LogP contribution in [0.5, 0.6) is 0 Å². The second-order valence-electron chi connectivity index (χ2n) is 5.39. The van der Waals surface area contributed by atoms with Crippen LogP contribution in [0.25, 0.3) is 0 Å². The molecule has 1 fully saturated rings. The highest BCUT2D eigenvalue weighted by Crippen LogP contribution is 2.32. The van der Waals surface area contributed by atoms with Crippen molar-refractivity contribution in [3.8, 4) is 11.8 Å². The minimum atomic E-state index is -3.45. The summed E-state index contributed by atoms with van der Waals surface area (Å²) in [6.07, 6.45) is 2.26. The molecule has 1 aromatic carbocycles. The Balaban J connectivity index is 2.37. The Morgan fingerprint density at radius 2 is 2.10 bits per heavy atom. The average Bonchev–Trinajstić information content (AvgIpc) is 3.27. The number of nitrogens with two attached hydrogens (primary N) is 1. The van der Waals surface area contributed by atoms with E-state index < -0.39 is 10.0 Å². The highest BCUT2D eigenvalue weighted by Gasteiger charge is 2.31. The van der Waals surface area contributed by atoms with Crippen molar-refractivity contribution in [3.63, 3.8) is 0 Å². The van der Waals surface area contributed by atoms with Crippen molar-refractivity contribution in [1.29, 1.82) is 0 Å². The van der Waals surface area contributed by atoms with Gasteiger partial charge >= 0.3 is 0 Å². The van der Waals surface area contributed by atoms with E-state index in [9.17, 15) is 8.42 Å². The van der Waals surface area contributed by atoms with E-state index >= 15 is 0 Å². The largest absolute Gasteiger partial charge is 0.320 e. The number of sulfonamides is 1. The van der Waals surface area contributed by atoms with Crippen molar-refractivity contribution in [2.24, 2.45) is 11.7 Å². The number of hydrogen-bond donors (Lipinski definition) is 1. The highest BCUT2D eigenvalue weighted by molar-refractivity contribution is 7.89. The SMILES string of the molecule is CCN(CC1CC1)S(=O)(=O)c1cc(C#CCN)ccc1C. The van der Waals surface area contributed by atoms with Crippen LogP contribution < -0.4 is 5.73 Å². The molecule has 0 unspecified atom stereocenters. The van der Waals surface area contributed by atoms with Gasteiger partial charge in [-0.25, -0.2) is 8.42 Å². The lowest BCUT2D eigenvalue weighted by atomic mass is 10.1. The van der Waals surface area contributed by atoms with Gasteiger partial charge in [-0.1, -0.05) is 24.8 Å². The van der Waals surface area contributed by atoms with Gasteiger partial charge in [-0.3, -0.25) is 0 Å². The number of benzene rings is 1. The summed E-state index contributed by atoms with van der Waals surface area (Å²) in [5, 5.41) is 0. The molecule has 1 aliphatic carbocycles. The molecule has 1 aromatic rings. The molecule has 21 heavy (non-hydrogen) atoms. The van der Waals surface area contributed by atoms with Gasteiger partial charge in [-0.05, 0) is 43.4 Å². The van der Waals surface area contributed by atoms with Crippen LogP contribution in [-0.2, 0) is 10.0 Å². The number of rotatable bonds is 5. The predicted molar refractivity (Wildman–Crippen MR) is 84.3 cm³/mol. The topological polar surface area (TPSA) is 63.4 Å². The molecule has 0 radical (unpaired) electrons. The fraction of sp³-hybridized carbons (Fsp3) is 0.500. The highest BCUT2D eigenvalue weighted by atomic mass is 32.2. The van der Waals surface area contributed by atoms with Crippen LogP contribution in [0.3, 0.4) is 0 Å². The molecule has 0 bridgehead atoms. The third-order valence-electron chi connectivity index (χ3n) is 3.65. The smallest absolute Gasteiger partial charge is 0.243 e. The van der Waals surface area contributed by atoms with E-state index in [2.05, 4.69) is 11.8 Å². The van der Waals surface area contributed by atoms with Crippen LogP contribution in [0.1, 0.15) is 30.9 Å². The van der Waals surface area contributed by atoms with E-state index in [4.69, 9.17) is 5.73 Å². The van der Waals surface area contributed by atoms with Gasteiger partial charge in [0.1, 0.15) is 0 Å². The fourth-order valence-corrected chi connectivity index (χ4v) is 4.01. The van der Waals surface area contributed by atoms with Gasteiger partial charge in [0, 0.05) is 18.7 Å². The van der Waals surface area contributed by atoms with Crippen molar-refractivity contribution >= 4 is 10.0 Å². The van der Waals surface area contributed by atoms with Crippen LogP contribution in [0.15, 0.2) is 23.1 Å². The third kappa shape index (κ3) is 3.85. The van der Waals surface area contributed by atoms with Crippen molar-refractivity contribution in [1.82, 2.24) is 4.31 Å². The number of nitrogens with zero attached hydrogens (tertiary/aromatic N) is 1. The zero-order valence-electron chi connectivity index (χ0n) is 12.6. The summed E-state index contributed by atoms with van der Waals surface area (Å²) < 4.78 is 27.2. The summed E-state index contributed by atoms with van der Waals surface area (Å²) in [5.74, 6) is 6.18. The van der Waals surface area contributed by atoms with E-state index in [1.54, 1.807) is 16.4 Å². The summed E-state index contributed by atoms with van der Waals surface area (Å²) in [6, 6.07) is 5.29. The van der Waals surface area contributed by atoms with Crippen LogP contribution in [0.2, 0.25) is 0 Å². The van der Waals surface area contributed by atoms with Crippen LogP contribution in [0.4, 0.5) is 0 Å². The molecule has 5 heteroatoms. The minimum Gasteiger partial charge on any atom is -0.320 e. The number of aryl methyl sites for hydroxylation is 1. The minimum absolute atomic E-state index is 0.263. The molecular formula is C16H22N2O2S. The third-order valence-corrected chi connectivity index (χ3v) is 5.73. The van der Waals surface area contributed by atoms with E-state index in [-0.39, 0.29) is 6.54 Å². The second-order valence-corrected chi connectivity index (χ2v) is 7.29. The normalized spacial score (nSPS) is 14.9. The molecule has 0 heterocycles. The maximum absolute atomic E-state index is 12.8. The Labute approximate surface area is 127 Å². The fourth-order valence-electron chi connectivity index (χ4n) is 2.23. The Hall–Kier alpha value is -1.35. The molecule has 0 aliphatic heterocycles. The predicted octanol–water partition coefficient (Wildman–Crippen LogP) is 1.73. The van der Waals surface area contributed by atoms with Gasteiger partial charge < -0.3 is 5.73 Å². The van der Waals surface area contributed by atoms with Crippen LogP contribution >= 0.6 is 0 Å². The molecule has 0 spiro atoms. The van der Waals surface area contributed by atoms with Gasteiger partial charge in [0.05, 0.1) is 11.4 Å². The molecule has 4 nitrogen and oxygen atoms in total. The van der Waals surface area contributed by atoms with E-state index in [0.29, 0.717) is 29.5 Å². The van der Waals surface area contributed by atoms with Crippen molar-refractivity contribution in [2.75, 3.05) is 19.6 Å². The maximum atomic E-state index is 12.8. The van der Waals surface area contributed by atoms with E-state index in [0.717, 1.165) is 18.4 Å². The maximum Gasteiger partial charge on any atom is 0.243 e. The Bertz CT molecular complexity index is 667. The zero-order chi connectivity index (χ0) is 15.5. The first-order valence-electron chi connectivity index (χ1n) is 7.28. The molecule has 0 aromatic heterocycles. The molecule has 2 N–H and O–H groups in total. The lowest BCUT2D eigenvalue weighted by Gasteiger charge is -2.21. The van der Waals surface area contributed by atoms with Gasteiger partial charge in [-0.15, -0.1) is 0 Å². The summed E-state index contributed by atoms with van der Waals surface area (Å²) in [5.41, 5.74) is 6.80. The first-order valence-corrected chi connectivity index (χ1v) is 8.72. The first kappa shape index (κ1) is 16.0. The average molecular weight is 306 g/mol. The quantitative estimate of drug-likeness (QED) is 0.843. The van der Waals surface area contributed by atoms with E-state index in [1.807, 2.05) is 19.9 Å². The molecule has 1 saturated carbocycles. The van der Waals surface area contributed by atoms with Crippen molar-refractivity contribution in [3.05, 3.63) is 29.3 Å². The molecule has 0 atom stereocenters. The van der Waals surface area contributed by atoms with Crippen LogP contribution in [0, 0.1) is 24.7 Å². The summed E-state index contributed by atoms with van der Waals surface area (Å²) >= 11 is 0. The van der Waals surface area contributed by atoms with Gasteiger partial charge in [0.25, 0.3) is 0 Å². The molecule has 0 amide bonds. The second kappa shape index (κ2) is 6.61. The Morgan fingerprint density at radius 1 is 1.38 bits per heavy atom.